The number of fused-ring (bicyclic) bond motifs is 1. The summed E-state index contributed by atoms with van der Waals surface area (Å²) in [6.45, 7) is 2.78. The van der Waals surface area contributed by atoms with E-state index in [2.05, 4.69) is 29.2 Å². The summed E-state index contributed by atoms with van der Waals surface area (Å²) in [6.07, 6.45) is 5.46. The van der Waals surface area contributed by atoms with Crippen LogP contribution >= 0.6 is 11.6 Å². The number of likely N-dealkylation sites (tertiary alicyclic amines) is 1. The molecule has 2 nitrogen and oxygen atoms in total. The summed E-state index contributed by atoms with van der Waals surface area (Å²) in [7, 11) is 0. The van der Waals surface area contributed by atoms with Gasteiger partial charge >= 0.3 is 0 Å². The lowest BCUT2D eigenvalue weighted by atomic mass is 9.68. The highest BCUT2D eigenvalue weighted by Crippen LogP contribution is 2.52. The van der Waals surface area contributed by atoms with Crippen molar-refractivity contribution in [1.29, 1.82) is 0 Å². The predicted molar refractivity (Wildman–Crippen MR) is 107 cm³/mol. The number of halogens is 1. The molecule has 1 aliphatic heterocycles. The number of rotatable bonds is 2. The topological polar surface area (TPSA) is 20.3 Å². The maximum Gasteiger partial charge on any atom is 0.254 e. The number of alkyl halides is 1. The molecule has 1 saturated carbocycles. The molecule has 26 heavy (non-hydrogen) atoms. The molecule has 136 valence electrons. The van der Waals surface area contributed by atoms with Gasteiger partial charge in [-0.15, -0.1) is 11.6 Å². The van der Waals surface area contributed by atoms with Crippen molar-refractivity contribution in [3.8, 4) is 0 Å². The first kappa shape index (κ1) is 17.6. The third-order valence-electron chi connectivity index (χ3n) is 6.21. The van der Waals surface area contributed by atoms with Crippen molar-refractivity contribution in [2.75, 3.05) is 6.54 Å². The van der Waals surface area contributed by atoms with E-state index >= 15 is 0 Å². The Morgan fingerprint density at radius 1 is 1.04 bits per heavy atom. The zero-order valence-electron chi connectivity index (χ0n) is 15.3. The summed E-state index contributed by atoms with van der Waals surface area (Å²) >= 11 is 7.12. The number of amides is 1. The van der Waals surface area contributed by atoms with Gasteiger partial charge < -0.3 is 4.90 Å². The molecule has 4 rings (SSSR count). The average Bonchev–Trinajstić information content (AvgIpc) is 2.67. The van der Waals surface area contributed by atoms with Crippen molar-refractivity contribution in [2.45, 2.75) is 49.9 Å². The smallest absolute Gasteiger partial charge is 0.254 e. The highest BCUT2D eigenvalue weighted by molar-refractivity contribution is 6.24. The Kier molecular flexibility index (Phi) is 4.79. The highest BCUT2D eigenvalue weighted by atomic mass is 35.5. The lowest BCUT2D eigenvalue weighted by molar-refractivity contribution is 0.0279. The molecule has 1 heterocycles. The number of benzene rings is 2. The average molecular weight is 368 g/mol. The van der Waals surface area contributed by atoms with E-state index in [4.69, 9.17) is 11.6 Å². The molecule has 2 fully saturated rings. The molecule has 0 spiro atoms. The molecule has 1 saturated heterocycles. The molecule has 3 unspecified atom stereocenters. The van der Waals surface area contributed by atoms with Gasteiger partial charge in [0.05, 0.1) is 10.9 Å². The Morgan fingerprint density at radius 3 is 2.50 bits per heavy atom. The van der Waals surface area contributed by atoms with E-state index in [-0.39, 0.29) is 16.8 Å². The standard InChI is InChI=1S/C23H26ClNO/c1-17-10-12-19(13-11-17)22(26)25-16-15-23(24)14-6-5-9-20(23)21(25)18-7-3-2-4-8-18/h2-4,7-8,10-13,20-21H,5-6,9,14-16H2,1H3. The highest BCUT2D eigenvalue weighted by Gasteiger charge is 2.50. The third-order valence-corrected chi connectivity index (χ3v) is 6.87. The minimum Gasteiger partial charge on any atom is -0.331 e. The Bertz CT molecular complexity index is 773. The maximum absolute atomic E-state index is 13.4. The fourth-order valence-electron chi connectivity index (χ4n) is 4.79. The van der Waals surface area contributed by atoms with Crippen LogP contribution in [0.3, 0.4) is 0 Å². The second-order valence-electron chi connectivity index (χ2n) is 7.86. The third kappa shape index (κ3) is 3.16. The van der Waals surface area contributed by atoms with Gasteiger partial charge in [0.2, 0.25) is 0 Å². The van der Waals surface area contributed by atoms with Crippen LogP contribution in [0.25, 0.3) is 0 Å². The van der Waals surface area contributed by atoms with E-state index in [0.29, 0.717) is 5.92 Å². The number of carbonyl (C=O) groups excluding carboxylic acids is 1. The van der Waals surface area contributed by atoms with Gasteiger partial charge in [-0.1, -0.05) is 60.9 Å². The summed E-state index contributed by atoms with van der Waals surface area (Å²) in [6, 6.07) is 18.5. The zero-order valence-corrected chi connectivity index (χ0v) is 16.1. The number of hydrogen-bond donors (Lipinski definition) is 0. The lowest BCUT2D eigenvalue weighted by Crippen LogP contribution is -2.53. The normalized spacial score (nSPS) is 28.5. The zero-order chi connectivity index (χ0) is 18.1. The van der Waals surface area contributed by atoms with Gasteiger partial charge in [-0.3, -0.25) is 4.79 Å². The van der Waals surface area contributed by atoms with E-state index < -0.39 is 0 Å². The summed E-state index contributed by atoms with van der Waals surface area (Å²) in [4.78, 5) is 15.3. The SMILES string of the molecule is Cc1ccc(C(=O)N2CCC3(Cl)CCCCC3C2c2ccccc2)cc1. The Balaban J connectivity index is 1.72. The second-order valence-corrected chi connectivity index (χ2v) is 8.61. The van der Waals surface area contributed by atoms with E-state index in [1.165, 1.54) is 24.0 Å². The molecule has 1 aliphatic carbocycles. The Morgan fingerprint density at radius 2 is 1.77 bits per heavy atom. The molecule has 3 heteroatoms. The molecule has 0 N–H and O–H groups in total. The molecular weight excluding hydrogens is 342 g/mol. The summed E-state index contributed by atoms with van der Waals surface area (Å²) < 4.78 is 0. The largest absolute Gasteiger partial charge is 0.331 e. The summed E-state index contributed by atoms with van der Waals surface area (Å²) in [5, 5.41) is 0. The van der Waals surface area contributed by atoms with Crippen LogP contribution in [0.15, 0.2) is 54.6 Å². The van der Waals surface area contributed by atoms with Gasteiger partial charge in [0.25, 0.3) is 5.91 Å². The number of piperidine rings is 1. The van der Waals surface area contributed by atoms with Crippen LogP contribution in [0.2, 0.25) is 0 Å². The second kappa shape index (κ2) is 7.08. The van der Waals surface area contributed by atoms with Gasteiger partial charge in [0.1, 0.15) is 0 Å². The molecule has 1 amide bonds. The molecule has 2 aromatic carbocycles. The van der Waals surface area contributed by atoms with Gasteiger partial charge in [-0.2, -0.15) is 0 Å². The van der Waals surface area contributed by atoms with Crippen molar-refractivity contribution >= 4 is 17.5 Å². The van der Waals surface area contributed by atoms with E-state index in [9.17, 15) is 4.79 Å². The first-order chi connectivity index (χ1) is 12.6. The monoisotopic (exact) mass is 367 g/mol. The quantitative estimate of drug-likeness (QED) is 0.619. The number of nitrogens with zero attached hydrogens (tertiary/aromatic N) is 1. The van der Waals surface area contributed by atoms with Crippen LogP contribution in [-0.4, -0.2) is 22.2 Å². The summed E-state index contributed by atoms with van der Waals surface area (Å²) in [5.41, 5.74) is 3.16. The van der Waals surface area contributed by atoms with Gasteiger partial charge in [-0.25, -0.2) is 0 Å². The molecular formula is C23H26ClNO. The molecule has 2 aliphatic rings. The number of hydrogen-bond acceptors (Lipinski definition) is 1. The van der Waals surface area contributed by atoms with Crippen molar-refractivity contribution in [3.05, 3.63) is 71.3 Å². The minimum atomic E-state index is -0.164. The van der Waals surface area contributed by atoms with Gasteiger partial charge in [0.15, 0.2) is 0 Å². The molecule has 2 aromatic rings. The van der Waals surface area contributed by atoms with Crippen LogP contribution in [0.1, 0.15) is 59.6 Å². The Hall–Kier alpha value is -1.80. The van der Waals surface area contributed by atoms with Crippen LogP contribution in [0.4, 0.5) is 0 Å². The molecule has 3 atom stereocenters. The summed E-state index contributed by atoms with van der Waals surface area (Å²) in [5.74, 6) is 0.451. The van der Waals surface area contributed by atoms with Gasteiger partial charge in [-0.05, 0) is 43.9 Å². The maximum atomic E-state index is 13.4. The van der Waals surface area contributed by atoms with E-state index in [0.717, 1.165) is 31.4 Å². The van der Waals surface area contributed by atoms with Crippen LogP contribution in [-0.2, 0) is 0 Å². The van der Waals surface area contributed by atoms with Crippen LogP contribution in [0.5, 0.6) is 0 Å². The first-order valence-corrected chi connectivity index (χ1v) is 10.1. The Labute approximate surface area is 161 Å². The lowest BCUT2D eigenvalue weighted by Gasteiger charge is -2.52. The minimum absolute atomic E-state index is 0.0663. The number of aryl methyl sites for hydroxylation is 1. The predicted octanol–water partition coefficient (Wildman–Crippen LogP) is 5.75. The van der Waals surface area contributed by atoms with E-state index in [1.54, 1.807) is 0 Å². The fraction of sp³-hybridized carbons (Fsp3) is 0.435. The van der Waals surface area contributed by atoms with Gasteiger partial charge in [0, 0.05) is 18.0 Å². The van der Waals surface area contributed by atoms with Crippen LogP contribution < -0.4 is 0 Å². The van der Waals surface area contributed by atoms with Crippen molar-refractivity contribution < 1.29 is 4.79 Å². The van der Waals surface area contributed by atoms with Crippen molar-refractivity contribution in [2.24, 2.45) is 5.92 Å². The number of carbonyl (C=O) groups is 1. The molecule has 0 bridgehead atoms. The fourth-order valence-corrected chi connectivity index (χ4v) is 5.24. The first-order valence-electron chi connectivity index (χ1n) is 9.70. The molecule has 0 radical (unpaired) electrons. The molecule has 0 aromatic heterocycles. The van der Waals surface area contributed by atoms with Crippen LogP contribution in [0, 0.1) is 12.8 Å². The van der Waals surface area contributed by atoms with Crippen molar-refractivity contribution in [3.63, 3.8) is 0 Å². The van der Waals surface area contributed by atoms with Crippen molar-refractivity contribution in [1.82, 2.24) is 4.90 Å². The van der Waals surface area contributed by atoms with E-state index in [1.807, 2.05) is 37.3 Å².